The van der Waals surface area contributed by atoms with Crippen LogP contribution in [-0.4, -0.2) is 10.6 Å². The van der Waals surface area contributed by atoms with Gasteiger partial charge in [-0.3, -0.25) is 0 Å². The van der Waals surface area contributed by atoms with Crippen molar-refractivity contribution in [1.82, 2.24) is 4.57 Å². The van der Waals surface area contributed by atoms with Gasteiger partial charge in [-0.2, -0.15) is 0 Å². The van der Waals surface area contributed by atoms with Crippen LogP contribution >= 0.6 is 0 Å². The normalized spacial score (nSPS) is 17.6. The lowest BCUT2D eigenvalue weighted by Gasteiger charge is -2.36. The summed E-state index contributed by atoms with van der Waals surface area (Å²) in [7, 11) is 0. The lowest BCUT2D eigenvalue weighted by atomic mass is 9.82. The summed E-state index contributed by atoms with van der Waals surface area (Å²) in [6.45, 7) is 25.7. The molecule has 3 aliphatic rings. The van der Waals surface area contributed by atoms with Crippen LogP contribution in [0.15, 0.2) is 187 Å². The molecule has 72 heavy (non-hydrogen) atoms. The highest BCUT2D eigenvalue weighted by molar-refractivity contribution is 6.11. The molecule has 1 aromatic heterocycles. The van der Waals surface area contributed by atoms with Crippen LogP contribution in [0.1, 0.15) is 87.8 Å². The second-order valence-corrected chi connectivity index (χ2v) is 21.4. The Balaban J connectivity index is 1.08. The van der Waals surface area contributed by atoms with E-state index in [9.17, 15) is 0 Å². The van der Waals surface area contributed by atoms with E-state index in [1.807, 2.05) is 0 Å². The molecule has 1 N–H and O–H groups in total. The van der Waals surface area contributed by atoms with Crippen LogP contribution < -0.4 is 25.6 Å². The molecule has 0 amide bonds. The van der Waals surface area contributed by atoms with Gasteiger partial charge in [-0.15, -0.1) is 0 Å². The molecule has 0 fully saturated rings. The third kappa shape index (κ3) is 7.09. The lowest BCUT2D eigenvalue weighted by Crippen LogP contribution is -2.34. The van der Waals surface area contributed by atoms with Crippen LogP contribution in [0.2, 0.25) is 0 Å². The van der Waals surface area contributed by atoms with Crippen LogP contribution in [0.25, 0.3) is 50.8 Å². The van der Waals surface area contributed by atoms with Crippen LogP contribution in [0.4, 0.5) is 34.1 Å². The Morgan fingerprint density at radius 2 is 1.31 bits per heavy atom. The molecule has 12 rings (SSSR count). The Morgan fingerprint density at radius 1 is 0.653 bits per heavy atom. The van der Waals surface area contributed by atoms with Crippen LogP contribution in [0, 0.1) is 26.7 Å². The summed E-state index contributed by atoms with van der Waals surface area (Å²) >= 11 is 0. The SMILES string of the molecule is C=c1/c(=C2/c3ccc(N(C4=C(C)C=C(C)CC4C)c4ccc5c(c4)C(C)(C)c4ccccc4-5)cc3N(c3ccccc3)C2CC)ccc2c1c1ccc(Nc3c(C)cc(C)cc3C)cc1n2-c1ccccc1. The van der Waals surface area contributed by atoms with Crippen LogP contribution in [-0.2, 0) is 5.41 Å². The number of benzene rings is 8. The number of rotatable bonds is 8. The molecule has 4 nitrogen and oxygen atoms in total. The third-order valence-corrected chi connectivity index (χ3v) is 16.2. The van der Waals surface area contributed by atoms with E-state index in [0.29, 0.717) is 5.92 Å². The smallest absolute Gasteiger partial charge is 0.0601 e. The minimum absolute atomic E-state index is 0.0720. The number of aromatic nitrogens is 1. The molecule has 356 valence electrons. The number of fused-ring (bicyclic) bond motifs is 7. The van der Waals surface area contributed by atoms with E-state index in [0.717, 1.165) is 46.2 Å². The average Bonchev–Trinajstić information content (AvgIpc) is 3.96. The fourth-order valence-corrected chi connectivity index (χ4v) is 13.2. The molecule has 2 unspecified atom stereocenters. The average molecular weight is 937 g/mol. The van der Waals surface area contributed by atoms with Gasteiger partial charge in [0.05, 0.1) is 22.8 Å². The zero-order chi connectivity index (χ0) is 49.7. The van der Waals surface area contributed by atoms with Gasteiger partial charge in [0.1, 0.15) is 0 Å². The second-order valence-electron chi connectivity index (χ2n) is 21.4. The largest absolute Gasteiger partial charge is 0.355 e. The van der Waals surface area contributed by atoms with Gasteiger partial charge < -0.3 is 19.7 Å². The minimum Gasteiger partial charge on any atom is -0.355 e. The van der Waals surface area contributed by atoms with Gasteiger partial charge in [0, 0.05) is 67.5 Å². The Morgan fingerprint density at radius 3 is 2.01 bits per heavy atom. The van der Waals surface area contributed by atoms with E-state index in [2.05, 4.69) is 252 Å². The molecule has 2 heterocycles. The first kappa shape index (κ1) is 45.3. The number of hydrogen-bond donors (Lipinski definition) is 1. The molecule has 0 saturated carbocycles. The quantitative estimate of drug-likeness (QED) is 0.164. The first-order valence-corrected chi connectivity index (χ1v) is 25.9. The predicted molar refractivity (Wildman–Crippen MR) is 307 cm³/mol. The van der Waals surface area contributed by atoms with Crippen molar-refractivity contribution in [1.29, 1.82) is 0 Å². The maximum absolute atomic E-state index is 5.05. The molecule has 9 aromatic rings. The number of hydrogen-bond acceptors (Lipinski definition) is 3. The van der Waals surface area contributed by atoms with Crippen molar-refractivity contribution in [3.63, 3.8) is 0 Å². The monoisotopic (exact) mass is 937 g/mol. The number of aryl methyl sites for hydroxylation is 3. The van der Waals surface area contributed by atoms with Gasteiger partial charge in [0.25, 0.3) is 0 Å². The molecule has 0 saturated heterocycles. The van der Waals surface area contributed by atoms with Crippen molar-refractivity contribution in [2.75, 3.05) is 15.1 Å². The molecule has 2 atom stereocenters. The highest BCUT2D eigenvalue weighted by Crippen LogP contribution is 2.53. The highest BCUT2D eigenvalue weighted by Gasteiger charge is 2.38. The highest BCUT2D eigenvalue weighted by atomic mass is 15.2. The van der Waals surface area contributed by atoms with Gasteiger partial charge in [0.2, 0.25) is 0 Å². The van der Waals surface area contributed by atoms with E-state index in [1.54, 1.807) is 0 Å². The number of para-hydroxylation sites is 2. The maximum atomic E-state index is 5.05. The predicted octanol–water partition coefficient (Wildman–Crippen LogP) is 16.7. The zero-order valence-electron chi connectivity index (χ0n) is 43.3. The van der Waals surface area contributed by atoms with Crippen LogP contribution in [0.3, 0.4) is 0 Å². The molecular formula is C68H64N4. The molecule has 4 heteroatoms. The summed E-state index contributed by atoms with van der Waals surface area (Å²) in [6, 6.07) is 61.4. The topological polar surface area (TPSA) is 23.4 Å². The Kier molecular flexibility index (Phi) is 10.8. The molecule has 1 aliphatic heterocycles. The van der Waals surface area contributed by atoms with Crippen LogP contribution in [0.5, 0.6) is 0 Å². The number of nitrogens with zero attached hydrogens (tertiary/aromatic N) is 3. The van der Waals surface area contributed by atoms with E-state index in [1.165, 1.54) is 106 Å². The lowest BCUT2D eigenvalue weighted by molar-refractivity contribution is 0.637. The van der Waals surface area contributed by atoms with Gasteiger partial charge in [0.15, 0.2) is 0 Å². The van der Waals surface area contributed by atoms with Gasteiger partial charge >= 0.3 is 0 Å². The second kappa shape index (κ2) is 17.2. The summed E-state index contributed by atoms with van der Waals surface area (Å²) in [4.78, 5) is 5.20. The fraction of sp³-hybridized carbons (Fsp3) is 0.206. The minimum atomic E-state index is -0.120. The first-order valence-electron chi connectivity index (χ1n) is 25.9. The number of nitrogens with one attached hydrogen (secondary N) is 1. The Hall–Kier alpha value is -7.82. The summed E-state index contributed by atoms with van der Waals surface area (Å²) in [5.41, 5.74) is 26.2. The summed E-state index contributed by atoms with van der Waals surface area (Å²) < 4.78 is 2.42. The molecule has 0 radical (unpaired) electrons. The number of allylic oxidation sites excluding steroid dienone is 4. The Bertz CT molecular complexity index is 3840. The van der Waals surface area contributed by atoms with E-state index < -0.39 is 0 Å². The van der Waals surface area contributed by atoms with Crippen molar-refractivity contribution in [3.05, 3.63) is 231 Å². The van der Waals surface area contributed by atoms with Crippen molar-refractivity contribution < 1.29 is 0 Å². The van der Waals surface area contributed by atoms with Gasteiger partial charge in [-0.1, -0.05) is 149 Å². The molecule has 2 aliphatic carbocycles. The fourth-order valence-electron chi connectivity index (χ4n) is 13.2. The zero-order valence-corrected chi connectivity index (χ0v) is 43.3. The molecular weight excluding hydrogens is 873 g/mol. The van der Waals surface area contributed by atoms with Crippen molar-refractivity contribution in [2.45, 2.75) is 86.6 Å². The third-order valence-electron chi connectivity index (χ3n) is 16.2. The standard InChI is InChI=1S/C68H64N4/c1-11-60-65(53-32-33-61-64(47(53)8)56-29-26-48(69-66-43(4)34-41(2)35-44(66)5)38-62(56)72(61)50-22-16-13-17-23-50)57-31-28-52(40-63(57)71(60)49-20-14-12-15-21-49)70(67-45(6)36-42(3)37-46(67)7)51-27-30-55-54-24-18-19-25-58(54)68(9,10)59(55)39-51/h12-36,38-40,46,60,69H,8,11,37H2,1-7,9-10H3/b65-53-. The Labute approximate surface area is 425 Å². The summed E-state index contributed by atoms with van der Waals surface area (Å²) in [5.74, 6) is 0.332. The number of anilines is 6. The molecule has 0 spiro atoms. The first-order chi connectivity index (χ1) is 34.8. The van der Waals surface area contributed by atoms with Crippen molar-refractivity contribution in [3.8, 4) is 16.8 Å². The van der Waals surface area contributed by atoms with E-state index in [-0.39, 0.29) is 11.5 Å². The molecule has 8 aromatic carbocycles. The van der Waals surface area contributed by atoms with E-state index >= 15 is 0 Å². The maximum Gasteiger partial charge on any atom is 0.0601 e. The summed E-state index contributed by atoms with van der Waals surface area (Å²) in [5, 5.41) is 8.44. The van der Waals surface area contributed by atoms with Gasteiger partial charge in [-0.25, -0.2) is 0 Å². The summed E-state index contributed by atoms with van der Waals surface area (Å²) in [6.07, 6.45) is 4.35. The van der Waals surface area contributed by atoms with E-state index in [4.69, 9.17) is 6.58 Å². The molecule has 0 bridgehead atoms. The van der Waals surface area contributed by atoms with Crippen molar-refractivity contribution >= 4 is 68.1 Å². The van der Waals surface area contributed by atoms with Gasteiger partial charge in [-0.05, 0) is 169 Å². The van der Waals surface area contributed by atoms with Crippen molar-refractivity contribution in [2.24, 2.45) is 5.92 Å².